The predicted molar refractivity (Wildman–Crippen MR) is 78.4 cm³/mol. The summed E-state index contributed by atoms with van der Waals surface area (Å²) in [6.45, 7) is 4.13. The lowest BCUT2D eigenvalue weighted by molar-refractivity contribution is 0.468. The van der Waals surface area contributed by atoms with Gasteiger partial charge in [-0.1, -0.05) is 17.7 Å². The van der Waals surface area contributed by atoms with Crippen molar-refractivity contribution in [1.82, 2.24) is 9.97 Å². The first-order valence-electron chi connectivity index (χ1n) is 5.79. The van der Waals surface area contributed by atoms with Gasteiger partial charge in [0.1, 0.15) is 16.9 Å². The minimum Gasteiger partial charge on any atom is -0.438 e. The zero-order valence-corrected chi connectivity index (χ0v) is 12.0. The smallest absolute Gasteiger partial charge is 0.231 e. The summed E-state index contributed by atoms with van der Waals surface area (Å²) in [6, 6.07) is 7.28. The fraction of sp³-hybridized carbons (Fsp3) is 0.143. The number of aryl methyl sites for hydroxylation is 2. The van der Waals surface area contributed by atoms with Crippen LogP contribution in [0.15, 0.2) is 30.6 Å². The van der Waals surface area contributed by atoms with Gasteiger partial charge >= 0.3 is 0 Å². The Morgan fingerprint density at radius 1 is 1.21 bits per heavy atom. The van der Waals surface area contributed by atoms with E-state index in [0.29, 0.717) is 16.7 Å². The van der Waals surface area contributed by atoms with E-state index in [1.165, 1.54) is 11.2 Å². The van der Waals surface area contributed by atoms with Gasteiger partial charge in [-0.3, -0.25) is 0 Å². The molecule has 0 atom stereocenters. The van der Waals surface area contributed by atoms with Gasteiger partial charge < -0.3 is 4.74 Å². The number of hydrogen-bond acceptors (Lipinski definition) is 4. The molecule has 0 saturated carbocycles. The first kappa shape index (κ1) is 12.4. The highest BCUT2D eigenvalue weighted by Crippen LogP contribution is 2.35. The molecule has 0 aliphatic rings. The molecule has 2 heterocycles. The first-order valence-corrected chi connectivity index (χ1v) is 6.98. The average molecular weight is 291 g/mol. The third-order valence-electron chi connectivity index (χ3n) is 2.94. The molecular weight excluding hydrogens is 280 g/mol. The summed E-state index contributed by atoms with van der Waals surface area (Å²) >= 11 is 7.60. The molecule has 0 N–H and O–H groups in total. The van der Waals surface area contributed by atoms with E-state index in [0.717, 1.165) is 15.8 Å². The number of nitrogens with zero attached hydrogens (tertiary/aromatic N) is 2. The van der Waals surface area contributed by atoms with Crippen molar-refractivity contribution < 1.29 is 4.74 Å². The highest BCUT2D eigenvalue weighted by molar-refractivity contribution is 7.18. The van der Waals surface area contributed by atoms with Crippen LogP contribution in [0.1, 0.15) is 10.4 Å². The number of ether oxygens (including phenoxy) is 1. The molecule has 3 nitrogen and oxygen atoms in total. The molecule has 3 aromatic rings. The van der Waals surface area contributed by atoms with Gasteiger partial charge in [-0.05, 0) is 37.6 Å². The van der Waals surface area contributed by atoms with Gasteiger partial charge in [0.25, 0.3) is 0 Å². The van der Waals surface area contributed by atoms with Crippen molar-refractivity contribution in [2.45, 2.75) is 13.8 Å². The Morgan fingerprint density at radius 2 is 2.05 bits per heavy atom. The molecule has 2 aromatic heterocycles. The Balaban J connectivity index is 2.10. The number of halogens is 1. The molecule has 0 spiro atoms. The maximum atomic E-state index is 5.95. The molecule has 5 heteroatoms. The Kier molecular flexibility index (Phi) is 3.12. The second-order valence-corrected chi connectivity index (χ2v) is 5.84. The quantitative estimate of drug-likeness (QED) is 0.683. The summed E-state index contributed by atoms with van der Waals surface area (Å²) in [5.41, 5.74) is 1.16. The Labute approximate surface area is 119 Å². The van der Waals surface area contributed by atoms with Gasteiger partial charge in [0.05, 0.1) is 5.39 Å². The largest absolute Gasteiger partial charge is 0.438 e. The molecule has 0 amide bonds. The lowest BCUT2D eigenvalue weighted by Crippen LogP contribution is -1.90. The van der Waals surface area contributed by atoms with Crippen molar-refractivity contribution in [3.8, 4) is 11.6 Å². The maximum absolute atomic E-state index is 5.95. The fourth-order valence-corrected chi connectivity index (χ4v) is 3.04. The monoisotopic (exact) mass is 290 g/mol. The van der Waals surface area contributed by atoms with Crippen molar-refractivity contribution in [3.63, 3.8) is 0 Å². The average Bonchev–Trinajstić information content (AvgIpc) is 2.66. The van der Waals surface area contributed by atoms with Crippen LogP contribution in [0.5, 0.6) is 11.6 Å². The van der Waals surface area contributed by atoms with Gasteiger partial charge in [-0.2, -0.15) is 0 Å². The molecular formula is C14H11ClN2OS. The van der Waals surface area contributed by atoms with Crippen molar-refractivity contribution >= 4 is 33.2 Å². The van der Waals surface area contributed by atoms with Crippen LogP contribution < -0.4 is 4.74 Å². The van der Waals surface area contributed by atoms with Gasteiger partial charge in [0, 0.05) is 9.90 Å². The molecule has 0 aliphatic heterocycles. The molecule has 3 rings (SSSR count). The van der Waals surface area contributed by atoms with E-state index >= 15 is 0 Å². The third-order valence-corrected chi connectivity index (χ3v) is 4.29. The van der Waals surface area contributed by atoms with Crippen LogP contribution in [-0.4, -0.2) is 9.97 Å². The van der Waals surface area contributed by atoms with Crippen molar-refractivity contribution in [1.29, 1.82) is 0 Å². The summed E-state index contributed by atoms with van der Waals surface area (Å²) in [5, 5.41) is 1.62. The minimum atomic E-state index is 0.578. The predicted octanol–water partition coefficient (Wildman–Crippen LogP) is 4.75. The zero-order valence-electron chi connectivity index (χ0n) is 10.5. The summed E-state index contributed by atoms with van der Waals surface area (Å²) in [4.78, 5) is 10.7. The summed E-state index contributed by atoms with van der Waals surface area (Å²) in [6.07, 6.45) is 1.53. The van der Waals surface area contributed by atoms with Crippen LogP contribution >= 0.6 is 22.9 Å². The van der Waals surface area contributed by atoms with Crippen LogP contribution in [0.3, 0.4) is 0 Å². The zero-order chi connectivity index (χ0) is 13.4. The van der Waals surface area contributed by atoms with E-state index in [2.05, 4.69) is 23.8 Å². The van der Waals surface area contributed by atoms with E-state index in [4.69, 9.17) is 16.3 Å². The van der Waals surface area contributed by atoms with Crippen molar-refractivity contribution in [3.05, 3.63) is 46.1 Å². The SMILES string of the molecule is Cc1sc2ncnc(Oc3cccc(Cl)c3)c2c1C. The van der Waals surface area contributed by atoms with Crippen LogP contribution in [0, 0.1) is 13.8 Å². The van der Waals surface area contributed by atoms with E-state index < -0.39 is 0 Å². The van der Waals surface area contributed by atoms with Crippen LogP contribution in [-0.2, 0) is 0 Å². The molecule has 0 fully saturated rings. The van der Waals surface area contributed by atoms with Crippen LogP contribution in [0.25, 0.3) is 10.2 Å². The van der Waals surface area contributed by atoms with E-state index in [1.54, 1.807) is 17.4 Å². The maximum Gasteiger partial charge on any atom is 0.231 e. The number of rotatable bonds is 2. The summed E-state index contributed by atoms with van der Waals surface area (Å²) < 4.78 is 5.84. The second-order valence-electron chi connectivity index (χ2n) is 4.20. The number of fused-ring (bicyclic) bond motifs is 1. The van der Waals surface area contributed by atoms with Crippen molar-refractivity contribution in [2.24, 2.45) is 0 Å². The molecule has 19 heavy (non-hydrogen) atoms. The van der Waals surface area contributed by atoms with Crippen LogP contribution in [0.4, 0.5) is 0 Å². The van der Waals surface area contributed by atoms with E-state index in [-0.39, 0.29) is 0 Å². The molecule has 0 aliphatic carbocycles. The van der Waals surface area contributed by atoms with Gasteiger partial charge in [0.2, 0.25) is 5.88 Å². The van der Waals surface area contributed by atoms with Gasteiger partial charge in [-0.25, -0.2) is 9.97 Å². The highest BCUT2D eigenvalue weighted by Gasteiger charge is 2.13. The Bertz CT molecular complexity index is 754. The van der Waals surface area contributed by atoms with Gasteiger partial charge in [0.15, 0.2) is 0 Å². The first-order chi connectivity index (χ1) is 9.15. The summed E-state index contributed by atoms with van der Waals surface area (Å²) in [5.74, 6) is 1.25. The van der Waals surface area contributed by atoms with Gasteiger partial charge in [-0.15, -0.1) is 11.3 Å². The lowest BCUT2D eigenvalue weighted by atomic mass is 10.2. The fourth-order valence-electron chi connectivity index (χ4n) is 1.87. The topological polar surface area (TPSA) is 35.0 Å². The number of hydrogen-bond donors (Lipinski definition) is 0. The molecule has 0 unspecified atom stereocenters. The van der Waals surface area contributed by atoms with Crippen molar-refractivity contribution in [2.75, 3.05) is 0 Å². The number of benzene rings is 1. The molecule has 96 valence electrons. The third kappa shape index (κ3) is 2.29. The highest BCUT2D eigenvalue weighted by atomic mass is 35.5. The van der Waals surface area contributed by atoms with Crippen LogP contribution in [0.2, 0.25) is 5.02 Å². The van der Waals surface area contributed by atoms with E-state index in [1.807, 2.05) is 18.2 Å². The second kappa shape index (κ2) is 4.79. The number of aromatic nitrogens is 2. The lowest BCUT2D eigenvalue weighted by Gasteiger charge is -2.06. The normalized spacial score (nSPS) is 10.9. The molecule has 0 saturated heterocycles. The van der Waals surface area contributed by atoms with E-state index in [9.17, 15) is 0 Å². The molecule has 0 radical (unpaired) electrons. The molecule has 1 aromatic carbocycles. The Morgan fingerprint density at radius 3 is 2.84 bits per heavy atom. The Hall–Kier alpha value is -1.65. The minimum absolute atomic E-state index is 0.578. The number of thiophene rings is 1. The molecule has 0 bridgehead atoms. The summed E-state index contributed by atoms with van der Waals surface area (Å²) in [7, 11) is 0. The standard InChI is InChI=1S/C14H11ClN2OS/c1-8-9(2)19-14-12(8)13(16-7-17-14)18-11-5-3-4-10(15)6-11/h3-7H,1-2H3.